The van der Waals surface area contributed by atoms with Gasteiger partial charge in [-0.3, -0.25) is 15.4 Å². The average Bonchev–Trinajstić information content (AvgIpc) is 2.67. The first-order valence-electron chi connectivity index (χ1n) is 8.68. The Kier molecular flexibility index (Phi) is 5.86. The lowest BCUT2D eigenvalue weighted by Gasteiger charge is -2.29. The molecule has 0 spiro atoms. The predicted molar refractivity (Wildman–Crippen MR) is 97.8 cm³/mol. The number of piperidine rings is 1. The van der Waals surface area contributed by atoms with E-state index < -0.39 is 18.1 Å². The van der Waals surface area contributed by atoms with Crippen LogP contribution >= 0.6 is 0 Å². The number of carboxylic acid groups (broad SMARTS) is 1. The molecule has 1 aliphatic rings. The summed E-state index contributed by atoms with van der Waals surface area (Å²) in [6.07, 6.45) is 1.83. The zero-order chi connectivity index (χ0) is 18.4. The van der Waals surface area contributed by atoms with Gasteiger partial charge in [0.25, 0.3) is 0 Å². The number of aliphatic carboxylic acids is 1. The minimum absolute atomic E-state index is 0.0352. The molecule has 1 amide bonds. The van der Waals surface area contributed by atoms with E-state index in [9.17, 15) is 14.7 Å². The molecule has 3 N–H and O–H groups in total. The topological polar surface area (TPSA) is 87.7 Å². The second kappa shape index (κ2) is 8.49. The molecule has 2 aromatic carbocycles. The van der Waals surface area contributed by atoms with E-state index in [0.717, 1.165) is 24.0 Å². The van der Waals surface area contributed by atoms with Gasteiger partial charge in [-0.1, -0.05) is 42.5 Å². The summed E-state index contributed by atoms with van der Waals surface area (Å²) < 4.78 is 5.22. The molecule has 136 valence electrons. The molecule has 2 atom stereocenters. The van der Waals surface area contributed by atoms with Crippen molar-refractivity contribution in [1.29, 1.82) is 0 Å². The van der Waals surface area contributed by atoms with Crippen molar-refractivity contribution in [2.75, 3.05) is 5.32 Å². The van der Waals surface area contributed by atoms with Crippen molar-refractivity contribution in [1.82, 2.24) is 5.32 Å². The van der Waals surface area contributed by atoms with Gasteiger partial charge >= 0.3 is 12.1 Å². The molecule has 0 saturated carbocycles. The van der Waals surface area contributed by atoms with E-state index in [1.165, 1.54) is 0 Å². The van der Waals surface area contributed by atoms with E-state index in [2.05, 4.69) is 10.6 Å². The van der Waals surface area contributed by atoms with E-state index in [0.29, 0.717) is 12.1 Å². The third-order valence-corrected chi connectivity index (χ3v) is 4.43. The Hall–Kier alpha value is -2.86. The summed E-state index contributed by atoms with van der Waals surface area (Å²) in [4.78, 5) is 23.2. The number of hydrogen-bond acceptors (Lipinski definition) is 4. The number of nitrogens with one attached hydrogen (secondary N) is 2. The highest BCUT2D eigenvalue weighted by Gasteiger charge is 2.26. The summed E-state index contributed by atoms with van der Waals surface area (Å²) in [7, 11) is 0. The largest absolute Gasteiger partial charge is 0.480 e. The van der Waals surface area contributed by atoms with Gasteiger partial charge in [0, 0.05) is 11.7 Å². The summed E-state index contributed by atoms with van der Waals surface area (Å²) in [5.74, 6) is -0.825. The Morgan fingerprint density at radius 1 is 1.12 bits per heavy atom. The van der Waals surface area contributed by atoms with Crippen molar-refractivity contribution in [2.24, 2.45) is 0 Å². The van der Waals surface area contributed by atoms with Crippen LogP contribution in [0.4, 0.5) is 10.5 Å². The molecule has 0 aromatic heterocycles. The number of ether oxygens (including phenoxy) is 1. The van der Waals surface area contributed by atoms with E-state index in [-0.39, 0.29) is 12.6 Å². The molecule has 1 saturated heterocycles. The molecule has 6 nitrogen and oxygen atoms in total. The third kappa shape index (κ3) is 4.83. The quantitative estimate of drug-likeness (QED) is 0.762. The van der Waals surface area contributed by atoms with Crippen LogP contribution < -0.4 is 10.6 Å². The molecule has 6 heteroatoms. The number of hydrogen-bond donors (Lipinski definition) is 3. The molecule has 0 aliphatic carbocycles. The number of rotatable bonds is 5. The molecule has 1 fully saturated rings. The lowest BCUT2D eigenvalue weighted by atomic mass is 9.93. The second-order valence-electron chi connectivity index (χ2n) is 6.35. The van der Waals surface area contributed by atoms with Gasteiger partial charge in [-0.2, -0.15) is 0 Å². The average molecular weight is 354 g/mol. The molecule has 0 radical (unpaired) electrons. The summed E-state index contributed by atoms with van der Waals surface area (Å²) in [6, 6.07) is 16.3. The zero-order valence-corrected chi connectivity index (χ0v) is 14.4. The number of benzene rings is 2. The van der Waals surface area contributed by atoms with Gasteiger partial charge in [0.2, 0.25) is 0 Å². The van der Waals surface area contributed by atoms with Gasteiger partial charge in [-0.25, -0.2) is 4.79 Å². The van der Waals surface area contributed by atoms with Gasteiger partial charge < -0.3 is 9.84 Å². The lowest BCUT2D eigenvalue weighted by molar-refractivity contribution is -0.140. The lowest BCUT2D eigenvalue weighted by Crippen LogP contribution is -2.42. The molecule has 3 rings (SSSR count). The van der Waals surface area contributed by atoms with Crippen LogP contribution in [0.25, 0.3) is 0 Å². The Morgan fingerprint density at radius 3 is 2.69 bits per heavy atom. The maximum atomic E-state index is 12.0. The molecule has 2 unspecified atom stereocenters. The fourth-order valence-corrected chi connectivity index (χ4v) is 3.10. The normalized spacial score (nSPS) is 19.5. The fourth-order valence-electron chi connectivity index (χ4n) is 3.10. The van der Waals surface area contributed by atoms with Crippen LogP contribution in [0.5, 0.6) is 0 Å². The minimum atomic E-state index is -0.825. The first-order chi connectivity index (χ1) is 12.6. The van der Waals surface area contributed by atoms with Crippen LogP contribution in [0.2, 0.25) is 0 Å². The Labute approximate surface area is 152 Å². The highest BCUT2D eigenvalue weighted by atomic mass is 16.5. The standard InChI is InChI=1S/C20H22N2O4/c23-19(24)18-11-5-10-17(22-18)15-8-4-9-16(12-15)21-20(25)26-13-14-6-2-1-3-7-14/h1-4,6-9,12,17-18,22H,5,10-11,13H2,(H,21,25)(H,23,24). The maximum absolute atomic E-state index is 12.0. The smallest absolute Gasteiger partial charge is 0.411 e. The highest BCUT2D eigenvalue weighted by molar-refractivity contribution is 5.84. The Bertz CT molecular complexity index is 763. The van der Waals surface area contributed by atoms with E-state index in [4.69, 9.17) is 4.74 Å². The second-order valence-corrected chi connectivity index (χ2v) is 6.35. The van der Waals surface area contributed by atoms with Gasteiger partial charge in [0.15, 0.2) is 0 Å². The number of carbonyl (C=O) groups is 2. The summed E-state index contributed by atoms with van der Waals surface area (Å²) in [5, 5.41) is 15.1. The van der Waals surface area contributed by atoms with Crippen LogP contribution in [0.15, 0.2) is 54.6 Å². The van der Waals surface area contributed by atoms with Gasteiger partial charge in [0.1, 0.15) is 12.6 Å². The monoisotopic (exact) mass is 354 g/mol. The minimum Gasteiger partial charge on any atom is -0.480 e. The van der Waals surface area contributed by atoms with E-state index in [1.54, 1.807) is 6.07 Å². The molecular formula is C20H22N2O4. The van der Waals surface area contributed by atoms with Crippen molar-refractivity contribution in [3.05, 3.63) is 65.7 Å². The molecule has 2 aromatic rings. The molecule has 0 bridgehead atoms. The molecule has 1 aliphatic heterocycles. The number of carbonyl (C=O) groups excluding carboxylic acids is 1. The van der Waals surface area contributed by atoms with Crippen molar-refractivity contribution in [3.8, 4) is 0 Å². The SMILES string of the molecule is O=C(Nc1cccc(C2CCCC(C(=O)O)N2)c1)OCc1ccccc1. The number of carboxylic acids is 1. The highest BCUT2D eigenvalue weighted by Crippen LogP contribution is 2.27. The fraction of sp³-hybridized carbons (Fsp3) is 0.300. The first kappa shape index (κ1) is 17.9. The van der Waals surface area contributed by atoms with E-state index >= 15 is 0 Å². The van der Waals surface area contributed by atoms with Gasteiger partial charge in [-0.05, 0) is 42.5 Å². The van der Waals surface area contributed by atoms with Crippen molar-refractivity contribution in [2.45, 2.75) is 38.0 Å². The molecule has 26 heavy (non-hydrogen) atoms. The molecule has 1 heterocycles. The van der Waals surface area contributed by atoms with Gasteiger partial charge in [-0.15, -0.1) is 0 Å². The summed E-state index contributed by atoms with van der Waals surface area (Å²) in [6.45, 7) is 0.205. The molecular weight excluding hydrogens is 332 g/mol. The third-order valence-electron chi connectivity index (χ3n) is 4.43. The van der Waals surface area contributed by atoms with Crippen LogP contribution in [0.3, 0.4) is 0 Å². The zero-order valence-electron chi connectivity index (χ0n) is 14.4. The number of anilines is 1. The summed E-state index contributed by atoms with van der Waals surface area (Å²) in [5.41, 5.74) is 2.50. The maximum Gasteiger partial charge on any atom is 0.411 e. The predicted octanol–water partition coefficient (Wildman–Crippen LogP) is 3.70. The first-order valence-corrected chi connectivity index (χ1v) is 8.68. The van der Waals surface area contributed by atoms with Crippen LogP contribution in [0.1, 0.15) is 36.4 Å². The number of amides is 1. The van der Waals surface area contributed by atoms with Crippen molar-refractivity contribution in [3.63, 3.8) is 0 Å². The van der Waals surface area contributed by atoms with Crippen LogP contribution in [0, 0.1) is 0 Å². The summed E-state index contributed by atoms with van der Waals surface area (Å²) >= 11 is 0. The van der Waals surface area contributed by atoms with Crippen molar-refractivity contribution >= 4 is 17.7 Å². The van der Waals surface area contributed by atoms with Crippen LogP contribution in [-0.4, -0.2) is 23.2 Å². The Morgan fingerprint density at radius 2 is 1.92 bits per heavy atom. The van der Waals surface area contributed by atoms with E-state index in [1.807, 2.05) is 48.5 Å². The van der Waals surface area contributed by atoms with Crippen molar-refractivity contribution < 1.29 is 19.4 Å². The Balaban J connectivity index is 1.58. The van der Waals surface area contributed by atoms with Crippen LogP contribution in [-0.2, 0) is 16.1 Å². The van der Waals surface area contributed by atoms with Gasteiger partial charge in [0.05, 0.1) is 0 Å².